The van der Waals surface area contributed by atoms with E-state index in [0.717, 1.165) is 11.7 Å². The number of hydrogen-bond acceptors (Lipinski definition) is 6. The summed E-state index contributed by atoms with van der Waals surface area (Å²) in [5.74, 6) is -1.04. The summed E-state index contributed by atoms with van der Waals surface area (Å²) in [4.78, 5) is 35.2. The molecule has 0 aromatic rings. The molecule has 2 amide bonds. The fraction of sp³-hybridized carbons (Fsp3) is 0.688. The van der Waals surface area contributed by atoms with E-state index >= 15 is 0 Å². The Kier molecular flexibility index (Phi) is 7.16. The van der Waals surface area contributed by atoms with Gasteiger partial charge in [0, 0.05) is 30.5 Å². The van der Waals surface area contributed by atoms with E-state index in [2.05, 4.69) is 10.6 Å². The molecule has 1 saturated heterocycles. The number of carbonyl (C=O) groups is 3. The Morgan fingerprint density at radius 2 is 2.04 bits per heavy atom. The van der Waals surface area contributed by atoms with Gasteiger partial charge in [-0.1, -0.05) is 6.08 Å². The first-order chi connectivity index (χ1) is 11.4. The Morgan fingerprint density at radius 1 is 1.40 bits per heavy atom. The number of ether oxygens (including phenoxy) is 1. The Morgan fingerprint density at radius 3 is 2.52 bits per heavy atom. The van der Waals surface area contributed by atoms with Crippen molar-refractivity contribution < 1.29 is 27.5 Å². The summed E-state index contributed by atoms with van der Waals surface area (Å²) in [7, 11) is -3.37. The van der Waals surface area contributed by atoms with Crippen LogP contribution in [0.15, 0.2) is 11.5 Å². The molecule has 2 unspecified atom stereocenters. The van der Waals surface area contributed by atoms with Gasteiger partial charge in [0.25, 0.3) is 0 Å². The minimum absolute atomic E-state index is 0.0212. The lowest BCUT2D eigenvalue weighted by Gasteiger charge is -2.21. The van der Waals surface area contributed by atoms with E-state index in [1.54, 1.807) is 20.8 Å². The second kappa shape index (κ2) is 8.46. The number of amides is 2. The normalized spacial score (nSPS) is 19.5. The molecule has 2 atom stereocenters. The summed E-state index contributed by atoms with van der Waals surface area (Å²) >= 11 is 0. The van der Waals surface area contributed by atoms with E-state index in [-0.39, 0.29) is 25.2 Å². The largest absolute Gasteiger partial charge is 0.460 e. The average molecular weight is 374 g/mol. The van der Waals surface area contributed by atoms with E-state index in [0.29, 0.717) is 6.42 Å². The van der Waals surface area contributed by atoms with Crippen molar-refractivity contribution in [3.63, 3.8) is 0 Å². The molecule has 0 aliphatic carbocycles. The molecule has 1 fully saturated rings. The van der Waals surface area contributed by atoms with Crippen LogP contribution in [0.3, 0.4) is 0 Å². The van der Waals surface area contributed by atoms with Gasteiger partial charge in [-0.3, -0.25) is 14.4 Å². The molecule has 9 heteroatoms. The van der Waals surface area contributed by atoms with Crippen LogP contribution in [-0.2, 0) is 29.0 Å². The zero-order chi connectivity index (χ0) is 19.3. The minimum Gasteiger partial charge on any atom is -0.460 e. The summed E-state index contributed by atoms with van der Waals surface area (Å²) in [6.45, 7) is 5.24. The molecule has 0 radical (unpaired) electrons. The van der Waals surface area contributed by atoms with Gasteiger partial charge in [-0.2, -0.15) is 0 Å². The molecule has 8 nitrogen and oxygen atoms in total. The van der Waals surface area contributed by atoms with Crippen LogP contribution in [0.4, 0.5) is 0 Å². The third-order valence-corrected chi connectivity index (χ3v) is 3.93. The topological polar surface area (TPSA) is 119 Å². The highest BCUT2D eigenvalue weighted by Gasteiger charge is 2.28. The third kappa shape index (κ3) is 9.23. The smallest absolute Gasteiger partial charge is 0.306 e. The number of esters is 1. The van der Waals surface area contributed by atoms with E-state index in [9.17, 15) is 22.8 Å². The fourth-order valence-corrected chi connectivity index (χ4v) is 2.69. The lowest BCUT2D eigenvalue weighted by molar-refractivity contribution is -0.155. The third-order valence-electron chi connectivity index (χ3n) is 3.28. The average Bonchev–Trinajstić information content (AvgIpc) is 2.85. The van der Waals surface area contributed by atoms with Crippen molar-refractivity contribution in [1.29, 1.82) is 0 Å². The molecule has 0 bridgehead atoms. The maximum atomic E-state index is 12.2. The molecule has 0 saturated carbocycles. The lowest BCUT2D eigenvalue weighted by atomic mass is 10.1. The van der Waals surface area contributed by atoms with Crippen LogP contribution < -0.4 is 10.6 Å². The Bertz CT molecular complexity index is 648. The van der Waals surface area contributed by atoms with Gasteiger partial charge < -0.3 is 15.4 Å². The number of sulfone groups is 1. The van der Waals surface area contributed by atoms with Crippen LogP contribution in [0.25, 0.3) is 0 Å². The standard InChI is InChI=1S/C16H26N2O6S/c1-16(2,3)24-14(20)8-5-11(9-10-25(4,22)23)17-15(21)12-6-7-13(19)18-12/h9-12H,5-8H2,1-4H3,(H,17,21)(H,18,19). The van der Waals surface area contributed by atoms with Crippen molar-refractivity contribution in [2.75, 3.05) is 6.26 Å². The van der Waals surface area contributed by atoms with Gasteiger partial charge in [-0.05, 0) is 33.6 Å². The van der Waals surface area contributed by atoms with Gasteiger partial charge in [0.05, 0.1) is 0 Å². The van der Waals surface area contributed by atoms with Crippen LogP contribution >= 0.6 is 0 Å². The van der Waals surface area contributed by atoms with Gasteiger partial charge in [0.2, 0.25) is 11.8 Å². The van der Waals surface area contributed by atoms with Crippen LogP contribution in [-0.4, -0.2) is 50.1 Å². The molecule has 1 heterocycles. The van der Waals surface area contributed by atoms with Gasteiger partial charge in [0.1, 0.15) is 11.6 Å². The fourth-order valence-electron chi connectivity index (χ4n) is 2.21. The number of carbonyl (C=O) groups excluding carboxylic acids is 3. The van der Waals surface area contributed by atoms with E-state index in [1.807, 2.05) is 0 Å². The van der Waals surface area contributed by atoms with Gasteiger partial charge in [-0.25, -0.2) is 8.42 Å². The molecule has 25 heavy (non-hydrogen) atoms. The molecular weight excluding hydrogens is 348 g/mol. The van der Waals surface area contributed by atoms with Crippen molar-refractivity contribution in [3.05, 3.63) is 11.5 Å². The van der Waals surface area contributed by atoms with Crippen molar-refractivity contribution in [2.24, 2.45) is 0 Å². The number of hydrogen-bond donors (Lipinski definition) is 2. The number of rotatable bonds is 7. The van der Waals surface area contributed by atoms with Crippen molar-refractivity contribution in [3.8, 4) is 0 Å². The molecular formula is C16H26N2O6S. The first-order valence-electron chi connectivity index (χ1n) is 8.05. The summed E-state index contributed by atoms with van der Waals surface area (Å²) in [5, 5.41) is 6.19. The SMILES string of the molecule is CC(C)(C)OC(=O)CCC(C=CS(C)(=O)=O)NC(=O)C1CCC(=O)N1. The highest BCUT2D eigenvalue weighted by Crippen LogP contribution is 2.12. The second-order valence-electron chi connectivity index (χ2n) is 7.06. The molecule has 2 N–H and O–H groups in total. The predicted octanol–water partition coefficient (Wildman–Crippen LogP) is 0.430. The highest BCUT2D eigenvalue weighted by molar-refractivity contribution is 7.93. The Balaban J connectivity index is 2.69. The maximum Gasteiger partial charge on any atom is 0.306 e. The molecule has 0 aromatic carbocycles. The second-order valence-corrected chi connectivity index (χ2v) is 8.99. The van der Waals surface area contributed by atoms with Gasteiger partial charge >= 0.3 is 5.97 Å². The zero-order valence-corrected chi connectivity index (χ0v) is 15.8. The maximum absolute atomic E-state index is 12.2. The number of nitrogens with one attached hydrogen (secondary N) is 2. The molecule has 1 aliphatic heterocycles. The van der Waals surface area contributed by atoms with E-state index in [1.165, 1.54) is 6.08 Å². The van der Waals surface area contributed by atoms with Crippen molar-refractivity contribution in [1.82, 2.24) is 10.6 Å². The summed E-state index contributed by atoms with van der Waals surface area (Å²) < 4.78 is 27.8. The molecule has 0 spiro atoms. The van der Waals surface area contributed by atoms with Crippen LogP contribution in [0.1, 0.15) is 46.5 Å². The lowest BCUT2D eigenvalue weighted by Crippen LogP contribution is -2.45. The quantitative estimate of drug-likeness (QED) is 0.624. The van der Waals surface area contributed by atoms with Crippen LogP contribution in [0.5, 0.6) is 0 Å². The molecule has 1 rings (SSSR count). The first kappa shape index (κ1) is 21.1. The van der Waals surface area contributed by atoms with Crippen molar-refractivity contribution in [2.45, 2.75) is 64.1 Å². The summed E-state index contributed by atoms with van der Waals surface area (Å²) in [6.07, 6.45) is 3.24. The minimum atomic E-state index is -3.37. The van der Waals surface area contributed by atoms with Gasteiger partial charge in [-0.15, -0.1) is 0 Å². The van der Waals surface area contributed by atoms with E-state index in [4.69, 9.17) is 4.74 Å². The molecule has 0 aromatic heterocycles. The molecule has 142 valence electrons. The first-order valence-corrected chi connectivity index (χ1v) is 10.0. The van der Waals surface area contributed by atoms with E-state index < -0.39 is 39.4 Å². The van der Waals surface area contributed by atoms with Crippen LogP contribution in [0, 0.1) is 0 Å². The highest BCUT2D eigenvalue weighted by atomic mass is 32.2. The summed E-state index contributed by atoms with van der Waals surface area (Å²) in [5.41, 5.74) is -0.618. The monoisotopic (exact) mass is 374 g/mol. The molecule has 1 aliphatic rings. The summed E-state index contributed by atoms with van der Waals surface area (Å²) in [6, 6.07) is -1.30. The Labute approximate surface area is 148 Å². The van der Waals surface area contributed by atoms with Crippen LogP contribution in [0.2, 0.25) is 0 Å². The van der Waals surface area contributed by atoms with Crippen molar-refractivity contribution >= 4 is 27.6 Å². The van der Waals surface area contributed by atoms with Gasteiger partial charge in [0.15, 0.2) is 9.84 Å². The zero-order valence-electron chi connectivity index (χ0n) is 15.0. The predicted molar refractivity (Wildman–Crippen MR) is 92.2 cm³/mol. The Hall–Kier alpha value is -1.90.